The summed E-state index contributed by atoms with van der Waals surface area (Å²) in [7, 11) is 3.46. The lowest BCUT2D eigenvalue weighted by molar-refractivity contribution is -0.115. The molecule has 0 aromatic heterocycles. The highest BCUT2D eigenvalue weighted by Crippen LogP contribution is 2.29. The van der Waals surface area contributed by atoms with Crippen LogP contribution in [-0.4, -0.2) is 45.7 Å². The van der Waals surface area contributed by atoms with Crippen LogP contribution in [-0.2, 0) is 9.53 Å². The maximum absolute atomic E-state index is 12.5. The van der Waals surface area contributed by atoms with E-state index in [4.69, 9.17) is 9.47 Å². The molecule has 0 atom stereocenters. The number of nitrogens with one attached hydrogen (secondary N) is 2. The van der Waals surface area contributed by atoms with Gasteiger partial charge in [-0.3, -0.25) is 9.59 Å². The van der Waals surface area contributed by atoms with Gasteiger partial charge in [-0.25, -0.2) is 0 Å². The average Bonchev–Trinajstić information content (AvgIpc) is 2.62. The third kappa shape index (κ3) is 4.12. The molecule has 2 aromatic carbocycles. The van der Waals surface area contributed by atoms with Crippen molar-refractivity contribution in [2.45, 2.75) is 0 Å². The third-order valence-electron chi connectivity index (χ3n) is 3.99. The molecule has 2 amide bonds. The number of ether oxygens (including phenoxy) is 2. The van der Waals surface area contributed by atoms with E-state index < -0.39 is 0 Å². The lowest BCUT2D eigenvalue weighted by Gasteiger charge is -2.27. The van der Waals surface area contributed by atoms with Crippen LogP contribution in [0.3, 0.4) is 0 Å². The van der Waals surface area contributed by atoms with Crippen LogP contribution in [0, 0.1) is 0 Å². The molecule has 0 fully saturated rings. The monoisotopic (exact) mass is 355 g/mol. The molecule has 0 aliphatic carbocycles. The van der Waals surface area contributed by atoms with Gasteiger partial charge in [-0.05, 0) is 42.5 Å². The number of fused-ring (bicyclic) bond motifs is 1. The number of carbonyl (C=O) groups is 2. The van der Waals surface area contributed by atoms with Crippen molar-refractivity contribution in [2.24, 2.45) is 0 Å². The van der Waals surface area contributed by atoms with Gasteiger partial charge < -0.3 is 25.0 Å². The zero-order chi connectivity index (χ0) is 18.5. The molecule has 7 nitrogen and oxygen atoms in total. The Morgan fingerprint density at radius 1 is 1.19 bits per heavy atom. The maximum atomic E-state index is 12.5. The summed E-state index contributed by atoms with van der Waals surface area (Å²) >= 11 is 0. The van der Waals surface area contributed by atoms with Gasteiger partial charge in [-0.2, -0.15) is 0 Å². The van der Waals surface area contributed by atoms with Crippen molar-refractivity contribution in [3.63, 3.8) is 0 Å². The Morgan fingerprint density at radius 3 is 2.69 bits per heavy atom. The second-order valence-corrected chi connectivity index (χ2v) is 5.96. The molecule has 0 spiro atoms. The molecule has 0 radical (unpaired) electrons. The molecule has 26 heavy (non-hydrogen) atoms. The summed E-state index contributed by atoms with van der Waals surface area (Å²) < 4.78 is 10.4. The Bertz CT molecular complexity index is 805. The van der Waals surface area contributed by atoms with Crippen LogP contribution in [0.25, 0.3) is 0 Å². The molecule has 7 heteroatoms. The molecule has 0 saturated carbocycles. The average molecular weight is 355 g/mol. The molecule has 0 unspecified atom stereocenters. The number of likely N-dealkylation sites (N-methyl/N-ethyl adjacent to an activating group) is 1. The highest BCUT2D eigenvalue weighted by molar-refractivity contribution is 6.07. The van der Waals surface area contributed by atoms with Gasteiger partial charge >= 0.3 is 0 Å². The van der Waals surface area contributed by atoms with Crippen LogP contribution in [0.2, 0.25) is 0 Å². The molecular formula is C19H21N3O4. The molecule has 0 bridgehead atoms. The number of methoxy groups -OCH3 is 1. The smallest absolute Gasteiger partial charge is 0.255 e. The first-order valence-electron chi connectivity index (χ1n) is 8.25. The third-order valence-corrected chi connectivity index (χ3v) is 3.99. The minimum absolute atomic E-state index is 0.0957. The van der Waals surface area contributed by atoms with Crippen molar-refractivity contribution in [2.75, 3.05) is 49.4 Å². The fourth-order valence-electron chi connectivity index (χ4n) is 2.68. The Balaban J connectivity index is 1.66. The van der Waals surface area contributed by atoms with Crippen LogP contribution >= 0.6 is 0 Å². The Hall–Kier alpha value is -3.06. The minimum Gasteiger partial charge on any atom is -0.491 e. The molecular weight excluding hydrogens is 334 g/mol. The number of rotatable bonds is 6. The van der Waals surface area contributed by atoms with Gasteiger partial charge in [0.05, 0.1) is 24.5 Å². The first kappa shape index (κ1) is 17.8. The number of carbonyl (C=O) groups excluding carboxylic acids is 2. The number of hydrogen-bond donors (Lipinski definition) is 2. The van der Waals surface area contributed by atoms with Gasteiger partial charge in [0.1, 0.15) is 12.4 Å². The standard InChI is InChI=1S/C19H21N3O4/c1-22-12-18(23)21-16-11-13(3-8-17(16)22)19(24)20-14-4-6-15(7-5-14)26-10-9-25-2/h3-8,11H,9-10,12H2,1-2H3,(H,20,24)(H,21,23). The fraction of sp³-hybridized carbons (Fsp3) is 0.263. The summed E-state index contributed by atoms with van der Waals surface area (Å²) in [6.45, 7) is 1.29. The zero-order valence-corrected chi connectivity index (χ0v) is 14.7. The SMILES string of the molecule is COCCOc1ccc(NC(=O)c2ccc3c(c2)NC(=O)CN3C)cc1. The maximum Gasteiger partial charge on any atom is 0.255 e. The van der Waals surface area contributed by atoms with Crippen LogP contribution in [0.5, 0.6) is 5.75 Å². The van der Waals surface area contributed by atoms with Gasteiger partial charge in [0.2, 0.25) is 5.91 Å². The number of hydrogen-bond acceptors (Lipinski definition) is 5. The summed E-state index contributed by atoms with van der Waals surface area (Å²) in [6, 6.07) is 12.4. The van der Waals surface area contributed by atoms with Gasteiger partial charge in [-0.1, -0.05) is 0 Å². The molecule has 3 rings (SSSR count). The zero-order valence-electron chi connectivity index (χ0n) is 14.7. The van der Waals surface area contributed by atoms with Crippen LogP contribution in [0.15, 0.2) is 42.5 Å². The number of amides is 2. The molecule has 0 saturated heterocycles. The van der Waals surface area contributed by atoms with Gasteiger partial charge in [-0.15, -0.1) is 0 Å². The van der Waals surface area contributed by atoms with Crippen LogP contribution in [0.4, 0.5) is 17.1 Å². The molecule has 2 aromatic rings. The number of benzene rings is 2. The molecule has 1 heterocycles. The summed E-state index contributed by atoms with van der Waals surface area (Å²) in [5, 5.41) is 5.63. The van der Waals surface area contributed by atoms with E-state index in [-0.39, 0.29) is 11.8 Å². The van der Waals surface area contributed by atoms with E-state index in [1.165, 1.54) is 0 Å². The van der Waals surface area contributed by atoms with E-state index in [1.807, 2.05) is 18.0 Å². The largest absolute Gasteiger partial charge is 0.491 e. The van der Waals surface area contributed by atoms with E-state index in [9.17, 15) is 9.59 Å². The van der Waals surface area contributed by atoms with E-state index >= 15 is 0 Å². The predicted octanol–water partition coefficient (Wildman–Crippen LogP) is 2.35. The quantitative estimate of drug-likeness (QED) is 0.778. The van der Waals surface area contributed by atoms with E-state index in [1.54, 1.807) is 43.5 Å². The first-order valence-corrected chi connectivity index (χ1v) is 8.25. The van der Waals surface area contributed by atoms with Crippen molar-refractivity contribution < 1.29 is 19.1 Å². The van der Waals surface area contributed by atoms with Gasteiger partial charge in [0, 0.05) is 25.4 Å². The Labute approximate surface area is 151 Å². The van der Waals surface area contributed by atoms with Crippen molar-refractivity contribution in [1.29, 1.82) is 0 Å². The summed E-state index contributed by atoms with van der Waals surface area (Å²) in [5.41, 5.74) is 2.66. The van der Waals surface area contributed by atoms with Gasteiger partial charge in [0.15, 0.2) is 0 Å². The molecule has 1 aliphatic heterocycles. The van der Waals surface area contributed by atoms with Crippen molar-refractivity contribution in [3.05, 3.63) is 48.0 Å². The summed E-state index contributed by atoms with van der Waals surface area (Å²) in [5.74, 6) is 0.365. The Kier molecular flexibility index (Phi) is 5.38. The summed E-state index contributed by atoms with van der Waals surface area (Å²) in [4.78, 5) is 26.0. The second-order valence-electron chi connectivity index (χ2n) is 5.96. The van der Waals surface area contributed by atoms with Crippen molar-refractivity contribution in [3.8, 4) is 5.75 Å². The molecule has 2 N–H and O–H groups in total. The fourth-order valence-corrected chi connectivity index (χ4v) is 2.68. The number of anilines is 3. The van der Waals surface area contributed by atoms with E-state index in [0.29, 0.717) is 42.4 Å². The lowest BCUT2D eigenvalue weighted by atomic mass is 10.1. The highest BCUT2D eigenvalue weighted by Gasteiger charge is 2.20. The van der Waals surface area contributed by atoms with E-state index in [0.717, 1.165) is 5.69 Å². The van der Waals surface area contributed by atoms with Crippen LogP contribution in [0.1, 0.15) is 10.4 Å². The topological polar surface area (TPSA) is 79.9 Å². The van der Waals surface area contributed by atoms with Crippen molar-refractivity contribution in [1.82, 2.24) is 0 Å². The number of nitrogens with zero attached hydrogens (tertiary/aromatic N) is 1. The summed E-state index contributed by atoms with van der Waals surface area (Å²) in [6.07, 6.45) is 0. The van der Waals surface area contributed by atoms with Crippen molar-refractivity contribution >= 4 is 28.9 Å². The van der Waals surface area contributed by atoms with Gasteiger partial charge in [0.25, 0.3) is 5.91 Å². The second kappa shape index (κ2) is 7.88. The minimum atomic E-state index is -0.247. The molecule has 1 aliphatic rings. The highest BCUT2D eigenvalue weighted by atomic mass is 16.5. The van der Waals surface area contributed by atoms with Crippen LogP contribution < -0.4 is 20.3 Å². The Morgan fingerprint density at radius 2 is 1.96 bits per heavy atom. The van der Waals surface area contributed by atoms with E-state index in [2.05, 4.69) is 10.6 Å². The normalized spacial score (nSPS) is 13.0. The predicted molar refractivity (Wildman–Crippen MR) is 100 cm³/mol. The molecule has 136 valence electrons. The first-order chi connectivity index (χ1) is 12.6. The lowest BCUT2D eigenvalue weighted by Crippen LogP contribution is -2.35.